The van der Waals surface area contributed by atoms with Crippen LogP contribution in [0.15, 0.2) is 12.1 Å². The molecule has 1 amide bonds. The van der Waals surface area contributed by atoms with Crippen LogP contribution in [0, 0.1) is 31.4 Å². The molecule has 0 atom stereocenters. The number of alkyl halides is 3. The Morgan fingerprint density at radius 3 is 2.37 bits per heavy atom. The van der Waals surface area contributed by atoms with Crippen LogP contribution in [0.2, 0.25) is 0 Å². The Morgan fingerprint density at radius 2 is 1.80 bits per heavy atom. The maximum absolute atomic E-state index is 12.9. The van der Waals surface area contributed by atoms with Gasteiger partial charge in [-0.1, -0.05) is 26.8 Å². The molecule has 2 heterocycles. The molecule has 0 saturated heterocycles. The van der Waals surface area contributed by atoms with Crippen LogP contribution in [0.3, 0.4) is 0 Å². The lowest BCUT2D eigenvalue weighted by molar-refractivity contribution is -0.141. The average Bonchev–Trinajstić information content (AvgIpc) is 2.61. The van der Waals surface area contributed by atoms with Crippen LogP contribution >= 0.6 is 0 Å². The topological polar surface area (TPSA) is 45.2 Å². The van der Waals surface area contributed by atoms with Crippen molar-refractivity contribution in [2.75, 3.05) is 16.8 Å². The van der Waals surface area contributed by atoms with E-state index in [2.05, 4.69) is 27.3 Å². The zero-order valence-electron chi connectivity index (χ0n) is 17.9. The van der Waals surface area contributed by atoms with Crippen LogP contribution in [-0.4, -0.2) is 17.4 Å². The first-order valence-corrected chi connectivity index (χ1v) is 9.89. The number of benzene rings is 1. The minimum Gasteiger partial charge on any atom is -0.366 e. The number of nitrogens with zero attached hydrogens (tertiary/aromatic N) is 2. The van der Waals surface area contributed by atoms with Crippen molar-refractivity contribution in [2.45, 2.75) is 60.2 Å². The number of aryl methyl sites for hydroxylation is 2. The molecule has 1 aromatic heterocycles. The number of carbonyl (C=O) groups is 1. The summed E-state index contributed by atoms with van der Waals surface area (Å²) in [5, 5.41) is 3.02. The van der Waals surface area contributed by atoms with Gasteiger partial charge in [-0.3, -0.25) is 4.79 Å². The number of nitrogens with one attached hydrogen (secondary N) is 1. The van der Waals surface area contributed by atoms with Crippen molar-refractivity contribution in [2.24, 2.45) is 5.41 Å². The summed E-state index contributed by atoms with van der Waals surface area (Å²) in [5.74, 6) is -0.0231. The second-order valence-electron chi connectivity index (χ2n) is 9.05. The fourth-order valence-corrected chi connectivity index (χ4v) is 3.63. The predicted molar refractivity (Wildman–Crippen MR) is 110 cm³/mol. The van der Waals surface area contributed by atoms with Crippen LogP contribution in [-0.2, 0) is 23.9 Å². The van der Waals surface area contributed by atoms with E-state index < -0.39 is 11.9 Å². The van der Waals surface area contributed by atoms with Gasteiger partial charge in [0.1, 0.15) is 0 Å². The third kappa shape index (κ3) is 5.05. The van der Waals surface area contributed by atoms with E-state index >= 15 is 0 Å². The van der Waals surface area contributed by atoms with Crippen molar-refractivity contribution < 1.29 is 18.0 Å². The molecule has 1 aliphatic heterocycles. The molecular weight excluding hydrogens is 391 g/mol. The van der Waals surface area contributed by atoms with Crippen LogP contribution < -0.4 is 10.2 Å². The Kier molecular flexibility index (Phi) is 5.72. The lowest BCUT2D eigenvalue weighted by atomic mass is 9.92. The molecular formula is C23H26F3N3O. The van der Waals surface area contributed by atoms with Crippen molar-refractivity contribution in [3.05, 3.63) is 52.3 Å². The van der Waals surface area contributed by atoms with E-state index in [-0.39, 0.29) is 11.3 Å². The van der Waals surface area contributed by atoms with Gasteiger partial charge in [-0.2, -0.15) is 13.2 Å². The molecule has 0 radical (unpaired) electrons. The third-order valence-electron chi connectivity index (χ3n) is 5.00. The summed E-state index contributed by atoms with van der Waals surface area (Å²) in [7, 11) is 0. The van der Waals surface area contributed by atoms with Crippen molar-refractivity contribution in [1.82, 2.24) is 4.98 Å². The van der Waals surface area contributed by atoms with Crippen molar-refractivity contribution in [3.63, 3.8) is 0 Å². The van der Waals surface area contributed by atoms with Gasteiger partial charge in [0.05, 0.1) is 12.2 Å². The quantitative estimate of drug-likeness (QED) is 0.741. The average molecular weight is 417 g/mol. The molecule has 0 spiro atoms. The first-order chi connectivity index (χ1) is 13.8. The van der Waals surface area contributed by atoms with Gasteiger partial charge in [0.25, 0.3) is 0 Å². The molecule has 0 saturated carbocycles. The van der Waals surface area contributed by atoms with E-state index in [1.807, 2.05) is 46.8 Å². The maximum atomic E-state index is 12.9. The monoisotopic (exact) mass is 417 g/mol. The molecule has 1 aromatic carbocycles. The Hall–Kier alpha value is -2.75. The van der Waals surface area contributed by atoms with Crippen LogP contribution in [0.5, 0.6) is 0 Å². The Morgan fingerprint density at radius 1 is 1.17 bits per heavy atom. The summed E-state index contributed by atoms with van der Waals surface area (Å²) in [5.41, 5.74) is 3.60. The number of rotatable bonds is 3. The Labute approximate surface area is 175 Å². The molecule has 3 rings (SSSR count). The largest absolute Gasteiger partial charge is 0.441 e. The SMILES string of the molecule is Cc1cc(N2CCc3nc(C(F)(F)F)c#cc3C2)cc(C)c1NC(=O)CC(C)(C)C. The molecule has 0 aliphatic carbocycles. The molecule has 30 heavy (non-hydrogen) atoms. The number of carbonyl (C=O) groups excluding carboxylic acids is 1. The zero-order valence-corrected chi connectivity index (χ0v) is 17.9. The fourth-order valence-electron chi connectivity index (χ4n) is 3.63. The molecule has 0 unspecified atom stereocenters. The van der Waals surface area contributed by atoms with Crippen LogP contribution in [0.4, 0.5) is 24.5 Å². The second-order valence-corrected chi connectivity index (χ2v) is 9.05. The van der Waals surface area contributed by atoms with Gasteiger partial charge >= 0.3 is 6.18 Å². The summed E-state index contributed by atoms with van der Waals surface area (Å²) in [4.78, 5) is 18.2. The van der Waals surface area contributed by atoms with Gasteiger partial charge in [-0.05, 0) is 48.6 Å². The lowest BCUT2D eigenvalue weighted by Crippen LogP contribution is -2.31. The number of anilines is 2. The minimum absolute atomic E-state index is 0.0231. The number of halogens is 3. The van der Waals surface area contributed by atoms with Gasteiger partial charge < -0.3 is 10.2 Å². The number of fused-ring (bicyclic) bond motifs is 1. The summed E-state index contributed by atoms with van der Waals surface area (Å²) in [6, 6.07) is 8.78. The molecule has 7 heteroatoms. The number of amides is 1. The highest BCUT2D eigenvalue weighted by Gasteiger charge is 2.34. The Balaban J connectivity index is 1.79. The highest BCUT2D eigenvalue weighted by atomic mass is 19.4. The molecule has 1 aliphatic rings. The molecule has 0 fully saturated rings. The van der Waals surface area contributed by atoms with E-state index in [1.54, 1.807) is 0 Å². The van der Waals surface area contributed by atoms with Crippen molar-refractivity contribution >= 4 is 17.3 Å². The number of hydrogen-bond acceptors (Lipinski definition) is 3. The normalized spacial score (nSPS) is 14.2. The summed E-state index contributed by atoms with van der Waals surface area (Å²) < 4.78 is 38.6. The molecule has 1 N–H and O–H groups in total. The van der Waals surface area contributed by atoms with Crippen molar-refractivity contribution in [1.29, 1.82) is 0 Å². The summed E-state index contributed by atoms with van der Waals surface area (Å²) in [6.45, 7) is 10.9. The van der Waals surface area contributed by atoms with E-state index in [4.69, 9.17) is 0 Å². The smallest absolute Gasteiger partial charge is 0.366 e. The van der Waals surface area contributed by atoms with E-state index in [0.29, 0.717) is 37.2 Å². The van der Waals surface area contributed by atoms with Gasteiger partial charge in [-0.15, -0.1) is 0 Å². The molecule has 2 aromatic rings. The van der Waals surface area contributed by atoms with E-state index in [0.717, 1.165) is 22.5 Å². The fraction of sp³-hybridized carbons (Fsp3) is 0.478. The number of aromatic nitrogens is 1. The van der Waals surface area contributed by atoms with Gasteiger partial charge in [0.15, 0.2) is 5.69 Å². The molecule has 4 nitrogen and oxygen atoms in total. The Bertz CT molecular complexity index is 938. The first-order valence-electron chi connectivity index (χ1n) is 9.89. The van der Waals surface area contributed by atoms with Crippen molar-refractivity contribution in [3.8, 4) is 0 Å². The van der Waals surface area contributed by atoms with Gasteiger partial charge in [-0.25, -0.2) is 4.98 Å². The van der Waals surface area contributed by atoms with Crippen LogP contribution in [0.1, 0.15) is 55.3 Å². The highest BCUT2D eigenvalue weighted by molar-refractivity contribution is 5.93. The number of hydrogen-bond donors (Lipinski definition) is 1. The molecule has 0 bridgehead atoms. The summed E-state index contributed by atoms with van der Waals surface area (Å²) >= 11 is 0. The van der Waals surface area contributed by atoms with Gasteiger partial charge in [0.2, 0.25) is 5.91 Å². The predicted octanol–water partition coefficient (Wildman–Crippen LogP) is 5.26. The minimum atomic E-state index is -4.51. The lowest BCUT2D eigenvalue weighted by Gasteiger charge is -2.30. The third-order valence-corrected chi connectivity index (χ3v) is 5.00. The van der Waals surface area contributed by atoms with Gasteiger partial charge in [0, 0.05) is 36.3 Å². The highest BCUT2D eigenvalue weighted by Crippen LogP contribution is 2.32. The first kappa shape index (κ1) is 21.9. The standard InChI is InChI=1S/C23H26F3N3O/c1-14-10-17(11-15(2)21(14)28-20(30)12-22(3,4)5)29-9-8-18-16(13-29)6-7-19(27-18)23(24,25)26/h10-11H,8-9,12-13H2,1-5H3,(H,28,30). The maximum Gasteiger partial charge on any atom is 0.441 e. The summed E-state index contributed by atoms with van der Waals surface area (Å²) in [6.07, 6.45) is -3.67. The van der Waals surface area contributed by atoms with E-state index in [1.165, 1.54) is 0 Å². The molecule has 160 valence electrons. The zero-order chi connectivity index (χ0) is 22.3. The van der Waals surface area contributed by atoms with E-state index in [9.17, 15) is 18.0 Å². The second kappa shape index (κ2) is 7.82. The van der Waals surface area contributed by atoms with Crippen LogP contribution in [0.25, 0.3) is 0 Å².